The monoisotopic (exact) mass is 336 g/mol. The highest BCUT2D eigenvalue weighted by atomic mass is 79.9. The summed E-state index contributed by atoms with van der Waals surface area (Å²) in [5, 5.41) is 13.8. The summed E-state index contributed by atoms with van der Waals surface area (Å²) in [6.45, 7) is 0.729. The van der Waals surface area contributed by atoms with Gasteiger partial charge in [0.05, 0.1) is 15.5 Å². The molecular weight excluding hydrogens is 324 g/mol. The minimum Gasteiger partial charge on any atom is -0.456 e. The summed E-state index contributed by atoms with van der Waals surface area (Å²) < 4.78 is 6.38. The second-order valence-corrected chi connectivity index (χ2v) is 5.01. The number of nitro benzene ring substituents is 1. The van der Waals surface area contributed by atoms with Gasteiger partial charge in [-0.3, -0.25) is 10.1 Å². The molecule has 20 heavy (non-hydrogen) atoms. The summed E-state index contributed by atoms with van der Waals surface area (Å²) in [7, 11) is 1.87. The van der Waals surface area contributed by atoms with E-state index in [4.69, 9.17) is 4.74 Å². The summed E-state index contributed by atoms with van der Waals surface area (Å²) >= 11 is 3.33. The normalized spacial score (nSPS) is 10.3. The van der Waals surface area contributed by atoms with Crippen LogP contribution in [0, 0.1) is 10.1 Å². The van der Waals surface area contributed by atoms with E-state index >= 15 is 0 Å². The number of ether oxygens (including phenoxy) is 1. The van der Waals surface area contributed by atoms with Crippen LogP contribution in [0.3, 0.4) is 0 Å². The maximum Gasteiger partial charge on any atom is 0.273 e. The van der Waals surface area contributed by atoms with Crippen LogP contribution in [0.5, 0.6) is 11.5 Å². The largest absolute Gasteiger partial charge is 0.456 e. The predicted octanol–water partition coefficient (Wildman–Crippen LogP) is 3.87. The van der Waals surface area contributed by atoms with E-state index in [2.05, 4.69) is 21.2 Å². The van der Waals surface area contributed by atoms with Crippen molar-refractivity contribution in [2.75, 3.05) is 7.05 Å². The third-order valence-corrected chi connectivity index (χ3v) is 3.29. The molecular formula is C14H13BrN2O3. The molecule has 0 heterocycles. The molecule has 0 spiro atoms. The number of rotatable bonds is 5. The van der Waals surface area contributed by atoms with E-state index in [1.54, 1.807) is 6.07 Å². The van der Waals surface area contributed by atoms with E-state index in [1.807, 2.05) is 31.3 Å². The molecule has 0 bridgehead atoms. The second kappa shape index (κ2) is 6.49. The number of halogens is 1. The molecule has 0 saturated carbocycles. The molecule has 0 fully saturated rings. The van der Waals surface area contributed by atoms with Crippen LogP contribution < -0.4 is 10.1 Å². The molecule has 0 radical (unpaired) electrons. The lowest BCUT2D eigenvalue weighted by Crippen LogP contribution is -2.04. The predicted molar refractivity (Wildman–Crippen MR) is 80.1 cm³/mol. The molecule has 0 saturated heterocycles. The first-order valence-electron chi connectivity index (χ1n) is 5.95. The Morgan fingerprint density at radius 2 is 2.10 bits per heavy atom. The number of hydrogen-bond acceptors (Lipinski definition) is 4. The average Bonchev–Trinajstić information content (AvgIpc) is 2.42. The summed E-state index contributed by atoms with van der Waals surface area (Å²) in [6.07, 6.45) is 0. The maximum atomic E-state index is 10.8. The van der Waals surface area contributed by atoms with Crippen molar-refractivity contribution >= 4 is 21.6 Å². The van der Waals surface area contributed by atoms with Crippen LogP contribution in [0.15, 0.2) is 46.9 Å². The Morgan fingerprint density at radius 1 is 1.30 bits per heavy atom. The van der Waals surface area contributed by atoms with E-state index in [0.717, 1.165) is 12.1 Å². The van der Waals surface area contributed by atoms with Gasteiger partial charge in [0.1, 0.15) is 11.5 Å². The second-order valence-electron chi connectivity index (χ2n) is 4.15. The smallest absolute Gasteiger partial charge is 0.273 e. The van der Waals surface area contributed by atoms with E-state index in [1.165, 1.54) is 12.1 Å². The highest BCUT2D eigenvalue weighted by molar-refractivity contribution is 9.10. The molecule has 5 nitrogen and oxygen atoms in total. The van der Waals surface area contributed by atoms with Crippen molar-refractivity contribution in [2.24, 2.45) is 0 Å². The van der Waals surface area contributed by atoms with Gasteiger partial charge in [0.25, 0.3) is 5.69 Å². The fraction of sp³-hybridized carbons (Fsp3) is 0.143. The minimum absolute atomic E-state index is 0.00502. The van der Waals surface area contributed by atoms with E-state index in [-0.39, 0.29) is 5.69 Å². The van der Waals surface area contributed by atoms with Gasteiger partial charge in [0.2, 0.25) is 0 Å². The van der Waals surface area contributed by atoms with E-state index < -0.39 is 4.92 Å². The Kier molecular flexibility index (Phi) is 4.70. The Bertz CT molecular complexity index is 632. The van der Waals surface area contributed by atoms with Crippen LogP contribution in [0.1, 0.15) is 5.56 Å². The quantitative estimate of drug-likeness (QED) is 0.664. The van der Waals surface area contributed by atoms with Crippen molar-refractivity contribution in [2.45, 2.75) is 6.54 Å². The van der Waals surface area contributed by atoms with Crippen molar-refractivity contribution in [3.63, 3.8) is 0 Å². The summed E-state index contributed by atoms with van der Waals surface area (Å²) in [5.74, 6) is 1.06. The summed E-state index contributed by atoms with van der Waals surface area (Å²) in [4.78, 5) is 10.3. The Morgan fingerprint density at radius 3 is 2.80 bits per heavy atom. The molecule has 0 aliphatic heterocycles. The number of nitrogens with one attached hydrogen (secondary N) is 1. The van der Waals surface area contributed by atoms with E-state index in [0.29, 0.717) is 16.0 Å². The van der Waals surface area contributed by atoms with Gasteiger partial charge in [-0.05, 0) is 46.7 Å². The van der Waals surface area contributed by atoms with Crippen LogP contribution in [-0.2, 0) is 6.54 Å². The van der Waals surface area contributed by atoms with Crippen LogP contribution in [0.25, 0.3) is 0 Å². The fourth-order valence-electron chi connectivity index (χ4n) is 1.73. The number of hydrogen-bond donors (Lipinski definition) is 1. The number of nitro groups is 1. The average molecular weight is 337 g/mol. The molecule has 0 aromatic heterocycles. The SMILES string of the molecule is CNCc1cccc(Oc2cc([N+](=O)[O-])ccc2Br)c1. The van der Waals surface area contributed by atoms with Crippen LogP contribution in [-0.4, -0.2) is 12.0 Å². The zero-order valence-corrected chi connectivity index (χ0v) is 12.4. The number of benzene rings is 2. The lowest BCUT2D eigenvalue weighted by molar-refractivity contribution is -0.384. The van der Waals surface area contributed by atoms with Crippen molar-refractivity contribution < 1.29 is 9.66 Å². The molecule has 6 heteroatoms. The summed E-state index contributed by atoms with van der Waals surface area (Å²) in [5.41, 5.74) is 1.07. The standard InChI is InChI=1S/C14H13BrN2O3/c1-16-9-10-3-2-4-12(7-10)20-14-8-11(17(18)19)5-6-13(14)15/h2-8,16H,9H2,1H3. The third kappa shape index (κ3) is 3.55. The zero-order valence-electron chi connectivity index (χ0n) is 10.8. The maximum absolute atomic E-state index is 10.8. The van der Waals surface area contributed by atoms with Gasteiger partial charge in [-0.25, -0.2) is 0 Å². The summed E-state index contributed by atoms with van der Waals surface area (Å²) in [6, 6.07) is 12.0. The van der Waals surface area contributed by atoms with Gasteiger partial charge in [0.15, 0.2) is 0 Å². The molecule has 2 aromatic rings. The van der Waals surface area contributed by atoms with Gasteiger partial charge in [-0.2, -0.15) is 0 Å². The van der Waals surface area contributed by atoms with Gasteiger partial charge in [-0.1, -0.05) is 12.1 Å². The van der Waals surface area contributed by atoms with Gasteiger partial charge < -0.3 is 10.1 Å². The van der Waals surface area contributed by atoms with E-state index in [9.17, 15) is 10.1 Å². The fourth-order valence-corrected chi connectivity index (χ4v) is 2.06. The van der Waals surface area contributed by atoms with Crippen LogP contribution >= 0.6 is 15.9 Å². The minimum atomic E-state index is -0.448. The molecule has 2 aromatic carbocycles. The van der Waals surface area contributed by atoms with Crippen LogP contribution in [0.4, 0.5) is 5.69 Å². The molecule has 104 valence electrons. The molecule has 0 amide bonds. The Hall–Kier alpha value is -1.92. The Labute approximate surface area is 124 Å². The van der Waals surface area contributed by atoms with Crippen molar-refractivity contribution in [1.29, 1.82) is 0 Å². The molecule has 0 atom stereocenters. The molecule has 1 N–H and O–H groups in total. The molecule has 0 aliphatic carbocycles. The lowest BCUT2D eigenvalue weighted by atomic mass is 10.2. The van der Waals surface area contributed by atoms with Crippen molar-refractivity contribution in [3.8, 4) is 11.5 Å². The lowest BCUT2D eigenvalue weighted by Gasteiger charge is -2.09. The topological polar surface area (TPSA) is 64.4 Å². The van der Waals surface area contributed by atoms with Gasteiger partial charge >= 0.3 is 0 Å². The first kappa shape index (κ1) is 14.5. The Balaban J connectivity index is 2.27. The molecule has 2 rings (SSSR count). The third-order valence-electron chi connectivity index (χ3n) is 2.63. The highest BCUT2D eigenvalue weighted by Gasteiger charge is 2.11. The van der Waals surface area contributed by atoms with Gasteiger partial charge in [-0.15, -0.1) is 0 Å². The van der Waals surface area contributed by atoms with Crippen molar-refractivity contribution in [1.82, 2.24) is 5.32 Å². The molecule has 0 aliphatic rings. The zero-order chi connectivity index (χ0) is 14.5. The molecule has 0 unspecified atom stereocenters. The van der Waals surface area contributed by atoms with Crippen LogP contribution in [0.2, 0.25) is 0 Å². The van der Waals surface area contributed by atoms with Crippen molar-refractivity contribution in [3.05, 3.63) is 62.6 Å². The number of nitrogens with zero attached hydrogens (tertiary/aromatic N) is 1. The number of non-ortho nitro benzene ring substituents is 1. The first-order chi connectivity index (χ1) is 9.60. The first-order valence-corrected chi connectivity index (χ1v) is 6.75. The highest BCUT2D eigenvalue weighted by Crippen LogP contribution is 2.33. The van der Waals surface area contributed by atoms with Gasteiger partial charge in [0, 0.05) is 12.6 Å².